The zero-order valence-electron chi connectivity index (χ0n) is 12.5. The summed E-state index contributed by atoms with van der Waals surface area (Å²) < 4.78 is 0.703. The third-order valence-electron chi connectivity index (χ3n) is 4.12. The van der Waals surface area contributed by atoms with Crippen molar-refractivity contribution in [2.45, 2.75) is 45.1 Å². The summed E-state index contributed by atoms with van der Waals surface area (Å²) in [7, 11) is 0. The van der Waals surface area contributed by atoms with Gasteiger partial charge in [0.1, 0.15) is 0 Å². The molecule has 1 aromatic rings. The number of thiophene rings is 1. The molecule has 3 nitrogen and oxygen atoms in total. The lowest BCUT2D eigenvalue weighted by atomic mass is 9.71. The van der Waals surface area contributed by atoms with Gasteiger partial charge < -0.3 is 10.4 Å². The van der Waals surface area contributed by atoms with Crippen LogP contribution in [0.25, 0.3) is 6.08 Å². The molecule has 1 aromatic heterocycles. The van der Waals surface area contributed by atoms with E-state index < -0.39 is 5.60 Å². The van der Waals surface area contributed by atoms with Crippen LogP contribution in [0.2, 0.25) is 4.34 Å². The molecule has 1 aliphatic rings. The van der Waals surface area contributed by atoms with Gasteiger partial charge in [0.25, 0.3) is 0 Å². The Hall–Kier alpha value is -0.840. The van der Waals surface area contributed by atoms with Crippen molar-refractivity contribution in [2.24, 2.45) is 5.41 Å². The molecule has 5 heteroatoms. The van der Waals surface area contributed by atoms with Crippen LogP contribution in [0, 0.1) is 5.41 Å². The van der Waals surface area contributed by atoms with Crippen LogP contribution in [0.1, 0.15) is 44.4 Å². The highest BCUT2D eigenvalue weighted by atomic mass is 35.5. The molecule has 2 rings (SSSR count). The third-order valence-corrected chi connectivity index (χ3v) is 5.32. The van der Waals surface area contributed by atoms with Gasteiger partial charge in [0, 0.05) is 17.5 Å². The van der Waals surface area contributed by atoms with Gasteiger partial charge in [0.05, 0.1) is 9.94 Å². The molecule has 1 heterocycles. The minimum Gasteiger partial charge on any atom is -0.388 e. The van der Waals surface area contributed by atoms with Gasteiger partial charge in [-0.25, -0.2) is 0 Å². The third kappa shape index (κ3) is 5.13. The molecule has 0 atom stereocenters. The smallest absolute Gasteiger partial charge is 0.244 e. The summed E-state index contributed by atoms with van der Waals surface area (Å²) in [5.41, 5.74) is -0.458. The molecule has 0 aliphatic heterocycles. The highest BCUT2D eigenvalue weighted by molar-refractivity contribution is 7.17. The van der Waals surface area contributed by atoms with Crippen molar-refractivity contribution >= 4 is 34.9 Å². The Morgan fingerprint density at radius 1 is 1.38 bits per heavy atom. The number of nitrogens with one attached hydrogen (secondary N) is 1. The van der Waals surface area contributed by atoms with Crippen LogP contribution in [0.3, 0.4) is 0 Å². The normalized spacial score (nSPS) is 20.6. The first kappa shape index (κ1) is 16.5. The van der Waals surface area contributed by atoms with Crippen LogP contribution >= 0.6 is 22.9 Å². The monoisotopic (exact) mass is 327 g/mol. The van der Waals surface area contributed by atoms with Crippen molar-refractivity contribution in [3.8, 4) is 0 Å². The van der Waals surface area contributed by atoms with Crippen LogP contribution in [0.15, 0.2) is 18.2 Å². The van der Waals surface area contributed by atoms with E-state index in [-0.39, 0.29) is 5.91 Å². The number of aliphatic hydroxyl groups is 1. The maximum absolute atomic E-state index is 11.8. The van der Waals surface area contributed by atoms with Crippen LogP contribution < -0.4 is 5.32 Å². The van der Waals surface area contributed by atoms with Gasteiger partial charge in [0.2, 0.25) is 5.91 Å². The second kappa shape index (κ2) is 6.51. The van der Waals surface area contributed by atoms with E-state index in [0.717, 1.165) is 30.6 Å². The molecule has 1 fully saturated rings. The maximum atomic E-state index is 11.8. The first-order chi connectivity index (χ1) is 9.78. The number of hydrogen-bond acceptors (Lipinski definition) is 3. The average Bonchev–Trinajstić information content (AvgIpc) is 2.84. The van der Waals surface area contributed by atoms with Crippen molar-refractivity contribution in [3.05, 3.63) is 27.4 Å². The number of amides is 1. The summed E-state index contributed by atoms with van der Waals surface area (Å²) in [4.78, 5) is 12.7. The van der Waals surface area contributed by atoms with Gasteiger partial charge in [-0.15, -0.1) is 11.3 Å². The van der Waals surface area contributed by atoms with Crippen LogP contribution in [0.5, 0.6) is 0 Å². The summed E-state index contributed by atoms with van der Waals surface area (Å²) in [6.45, 7) is 4.76. The predicted molar refractivity (Wildman–Crippen MR) is 88.6 cm³/mol. The summed E-state index contributed by atoms with van der Waals surface area (Å²) in [6, 6.07) is 3.67. The molecular formula is C16H22ClNO2S. The fourth-order valence-corrected chi connectivity index (χ4v) is 3.42. The SMILES string of the molecule is CC1(C)CCC(O)(CNC(=O)C=Cc2ccc(Cl)s2)CC1. The fourth-order valence-electron chi connectivity index (χ4n) is 2.46. The van der Waals surface area contributed by atoms with E-state index in [4.69, 9.17) is 11.6 Å². The molecular weight excluding hydrogens is 306 g/mol. The Morgan fingerprint density at radius 2 is 2.05 bits per heavy atom. The van der Waals surface area contributed by atoms with Crippen molar-refractivity contribution in [1.29, 1.82) is 0 Å². The Kier molecular flexibility index (Phi) is 5.12. The lowest BCUT2D eigenvalue weighted by Crippen LogP contribution is -2.46. The van der Waals surface area contributed by atoms with Gasteiger partial charge in [-0.3, -0.25) is 4.79 Å². The molecule has 21 heavy (non-hydrogen) atoms. The van der Waals surface area contributed by atoms with Crippen molar-refractivity contribution < 1.29 is 9.90 Å². The van der Waals surface area contributed by atoms with Crippen LogP contribution in [0.4, 0.5) is 0 Å². The summed E-state index contributed by atoms with van der Waals surface area (Å²) in [5.74, 6) is -0.183. The van der Waals surface area contributed by atoms with E-state index in [0.29, 0.717) is 16.3 Å². The van der Waals surface area contributed by atoms with Gasteiger partial charge in [-0.05, 0) is 49.3 Å². The lowest BCUT2D eigenvalue weighted by molar-refractivity contribution is -0.118. The molecule has 116 valence electrons. The fraction of sp³-hybridized carbons (Fsp3) is 0.562. The van der Waals surface area contributed by atoms with E-state index in [1.54, 1.807) is 12.1 Å². The zero-order chi connectivity index (χ0) is 15.5. The molecule has 0 bridgehead atoms. The predicted octanol–water partition coefficient (Wildman–Crippen LogP) is 3.86. The number of rotatable bonds is 4. The van der Waals surface area contributed by atoms with Crippen LogP contribution in [-0.4, -0.2) is 23.2 Å². The molecule has 2 N–H and O–H groups in total. The minimum absolute atomic E-state index is 0.183. The van der Waals surface area contributed by atoms with Crippen LogP contribution in [-0.2, 0) is 4.79 Å². The standard InChI is InChI=1S/C16H22ClNO2S/c1-15(2)7-9-16(20,10-8-15)11-18-14(19)6-4-12-3-5-13(17)21-12/h3-6,20H,7-11H2,1-2H3,(H,18,19). The number of halogens is 1. The molecule has 0 saturated heterocycles. The Bertz CT molecular complexity index is 526. The van der Waals surface area contributed by atoms with Crippen molar-refractivity contribution in [1.82, 2.24) is 5.32 Å². The van der Waals surface area contributed by atoms with Crippen molar-refractivity contribution in [2.75, 3.05) is 6.54 Å². The van der Waals surface area contributed by atoms with E-state index in [1.807, 2.05) is 6.07 Å². The molecule has 1 amide bonds. The quantitative estimate of drug-likeness (QED) is 0.825. The summed E-state index contributed by atoms with van der Waals surface area (Å²) in [5, 5.41) is 13.3. The van der Waals surface area contributed by atoms with Gasteiger partial charge in [-0.1, -0.05) is 25.4 Å². The van der Waals surface area contributed by atoms with E-state index in [2.05, 4.69) is 19.2 Å². The Morgan fingerprint density at radius 3 is 2.62 bits per heavy atom. The molecule has 0 unspecified atom stereocenters. The molecule has 0 spiro atoms. The first-order valence-electron chi connectivity index (χ1n) is 7.22. The van der Waals surface area contributed by atoms with E-state index in [9.17, 15) is 9.90 Å². The zero-order valence-corrected chi connectivity index (χ0v) is 14.1. The number of carbonyl (C=O) groups excluding carboxylic acids is 1. The highest BCUT2D eigenvalue weighted by Gasteiger charge is 2.36. The molecule has 0 aromatic carbocycles. The summed E-state index contributed by atoms with van der Waals surface area (Å²) in [6.07, 6.45) is 6.68. The molecule has 0 radical (unpaired) electrons. The van der Waals surface area contributed by atoms with Gasteiger partial charge in [0.15, 0.2) is 0 Å². The Balaban J connectivity index is 1.80. The largest absolute Gasteiger partial charge is 0.388 e. The minimum atomic E-state index is -0.759. The highest BCUT2D eigenvalue weighted by Crippen LogP contribution is 2.39. The van der Waals surface area contributed by atoms with Gasteiger partial charge in [-0.2, -0.15) is 0 Å². The van der Waals surface area contributed by atoms with Gasteiger partial charge >= 0.3 is 0 Å². The number of carbonyl (C=O) groups is 1. The van der Waals surface area contributed by atoms with E-state index in [1.165, 1.54) is 17.4 Å². The summed E-state index contributed by atoms with van der Waals surface area (Å²) >= 11 is 7.25. The lowest BCUT2D eigenvalue weighted by Gasteiger charge is -2.40. The maximum Gasteiger partial charge on any atom is 0.244 e. The average molecular weight is 328 g/mol. The molecule has 1 saturated carbocycles. The first-order valence-corrected chi connectivity index (χ1v) is 8.41. The topological polar surface area (TPSA) is 49.3 Å². The second-order valence-corrected chi connectivity index (χ2v) is 8.33. The Labute approximate surface area is 135 Å². The van der Waals surface area contributed by atoms with Crippen molar-refractivity contribution in [3.63, 3.8) is 0 Å². The molecule has 1 aliphatic carbocycles. The van der Waals surface area contributed by atoms with E-state index >= 15 is 0 Å². The number of hydrogen-bond donors (Lipinski definition) is 2. The second-order valence-electron chi connectivity index (χ2n) is 6.58.